The number of imide groups is 2. The van der Waals surface area contributed by atoms with E-state index in [0.29, 0.717) is 0 Å². The first-order valence-electron chi connectivity index (χ1n) is 4.43. The molecule has 79 valence electrons. The lowest BCUT2D eigenvalue weighted by Gasteiger charge is -2.15. The van der Waals surface area contributed by atoms with E-state index in [1.54, 1.807) is 0 Å². The van der Waals surface area contributed by atoms with Crippen LogP contribution < -0.4 is 5.06 Å². The first-order valence-corrected chi connectivity index (χ1v) is 4.43. The number of carbonyl (C=O) groups is 4. The molecular formula is C8H8N2O5+. The van der Waals surface area contributed by atoms with Crippen LogP contribution in [0.5, 0.6) is 0 Å². The monoisotopic (exact) mass is 212 g/mol. The van der Waals surface area contributed by atoms with Gasteiger partial charge in [0.1, 0.15) is 11.5 Å². The summed E-state index contributed by atoms with van der Waals surface area (Å²) in [5, 5.41) is 8.92. The summed E-state index contributed by atoms with van der Waals surface area (Å²) in [4.78, 5) is 45.6. The van der Waals surface area contributed by atoms with E-state index >= 15 is 0 Å². The number of hydroxylamine groups is 2. The summed E-state index contributed by atoms with van der Waals surface area (Å²) < 4.78 is 0. The second kappa shape index (κ2) is 3.21. The highest BCUT2D eigenvalue weighted by atomic mass is 16.5. The first kappa shape index (κ1) is 9.94. The van der Waals surface area contributed by atoms with Crippen LogP contribution >= 0.6 is 0 Å². The van der Waals surface area contributed by atoms with E-state index in [4.69, 9.17) is 5.21 Å². The summed E-state index contributed by atoms with van der Waals surface area (Å²) in [5.41, 5.74) is 0. The first-order chi connectivity index (χ1) is 7.02. The quantitative estimate of drug-likeness (QED) is 0.323. The van der Waals surface area contributed by atoms with Crippen LogP contribution in [0.3, 0.4) is 0 Å². The van der Waals surface area contributed by atoms with E-state index in [2.05, 4.69) is 0 Å². The van der Waals surface area contributed by atoms with Crippen LogP contribution in [0.25, 0.3) is 0 Å². The molecule has 0 saturated carbocycles. The maximum absolute atomic E-state index is 11.3. The third kappa shape index (κ3) is 1.36. The third-order valence-electron chi connectivity index (χ3n) is 2.50. The zero-order chi connectivity index (χ0) is 11.2. The van der Waals surface area contributed by atoms with E-state index in [1.165, 1.54) is 0 Å². The molecule has 0 aromatic carbocycles. The van der Waals surface area contributed by atoms with Crippen molar-refractivity contribution < 1.29 is 24.4 Å². The minimum atomic E-state index is -1.15. The lowest BCUT2D eigenvalue weighted by molar-refractivity contribution is -0.156. The smallest absolute Gasteiger partial charge is 0.274 e. The van der Waals surface area contributed by atoms with Gasteiger partial charge in [0.05, 0.1) is 0 Å². The lowest BCUT2D eigenvalue weighted by Crippen LogP contribution is -2.45. The molecule has 2 aliphatic heterocycles. The van der Waals surface area contributed by atoms with E-state index in [9.17, 15) is 19.2 Å². The molecule has 1 radical (unpaired) electrons. The molecule has 1 atom stereocenters. The molecule has 0 aromatic heterocycles. The molecule has 15 heavy (non-hydrogen) atoms. The topological polar surface area (TPSA) is 97.7 Å². The minimum Gasteiger partial charge on any atom is -0.274 e. The van der Waals surface area contributed by atoms with Crippen molar-refractivity contribution in [2.45, 2.75) is 25.3 Å². The Morgan fingerprint density at radius 1 is 1.13 bits per heavy atom. The molecule has 1 N–H and O–H groups in total. The number of nitrogens with zero attached hydrogens (tertiary/aromatic N) is 2. The molecule has 2 fully saturated rings. The number of likely N-dealkylation sites (tertiary alicyclic amines) is 1. The van der Waals surface area contributed by atoms with Gasteiger partial charge in [0, 0.05) is 12.8 Å². The van der Waals surface area contributed by atoms with Crippen LogP contribution in [0.15, 0.2) is 0 Å². The molecule has 7 heteroatoms. The van der Waals surface area contributed by atoms with Gasteiger partial charge < -0.3 is 0 Å². The van der Waals surface area contributed by atoms with Gasteiger partial charge in [-0.05, 0) is 0 Å². The van der Waals surface area contributed by atoms with E-state index < -0.39 is 29.7 Å². The summed E-state index contributed by atoms with van der Waals surface area (Å²) in [5.74, 6) is -2.65. The summed E-state index contributed by atoms with van der Waals surface area (Å²) in [7, 11) is 0. The number of carbonyl (C=O) groups excluding carboxylic acids is 4. The Balaban J connectivity index is 2.25. The molecule has 2 aliphatic rings. The Bertz CT molecular complexity index is 361. The van der Waals surface area contributed by atoms with Gasteiger partial charge in [-0.1, -0.05) is 0 Å². The molecule has 7 nitrogen and oxygen atoms in total. The Morgan fingerprint density at radius 3 is 2.07 bits per heavy atom. The van der Waals surface area contributed by atoms with Crippen molar-refractivity contribution in [2.75, 3.05) is 0 Å². The van der Waals surface area contributed by atoms with Crippen molar-refractivity contribution in [3.8, 4) is 0 Å². The molecule has 0 aliphatic carbocycles. The van der Waals surface area contributed by atoms with Crippen LogP contribution in [0.1, 0.15) is 19.3 Å². The lowest BCUT2D eigenvalue weighted by atomic mass is 10.2. The standard InChI is InChI=1S/C8H8N2O5/c11-5-1-2-6(12)9(5)4-3-7(13)10(15)8(4)14/h4,15H,1-3H2/q+1. The fraction of sp³-hybridized carbons (Fsp3) is 0.500. The summed E-state index contributed by atoms with van der Waals surface area (Å²) in [6, 6.07) is -1.15. The molecule has 4 amide bonds. The summed E-state index contributed by atoms with van der Waals surface area (Å²) >= 11 is 0. The molecular weight excluding hydrogens is 204 g/mol. The minimum absolute atomic E-state index is 0.0381. The van der Waals surface area contributed by atoms with Crippen molar-refractivity contribution in [1.82, 2.24) is 9.96 Å². The maximum atomic E-state index is 11.3. The average Bonchev–Trinajstić information content (AvgIpc) is 2.63. The van der Waals surface area contributed by atoms with Crippen LogP contribution in [0.4, 0.5) is 0 Å². The van der Waals surface area contributed by atoms with E-state index in [1.807, 2.05) is 0 Å². The molecule has 0 aromatic rings. The zero-order valence-corrected chi connectivity index (χ0v) is 7.67. The van der Waals surface area contributed by atoms with Gasteiger partial charge in [-0.3, -0.25) is 14.5 Å². The zero-order valence-electron chi connectivity index (χ0n) is 7.67. The van der Waals surface area contributed by atoms with Gasteiger partial charge in [0.2, 0.25) is 11.8 Å². The van der Waals surface area contributed by atoms with Gasteiger partial charge in [-0.2, -0.15) is 0 Å². The normalized spacial score (nSPS) is 28.3. The summed E-state index contributed by atoms with van der Waals surface area (Å²) in [6.45, 7) is 0. The van der Waals surface area contributed by atoms with E-state index in [0.717, 1.165) is 4.90 Å². The fourth-order valence-electron chi connectivity index (χ4n) is 1.75. The average molecular weight is 212 g/mol. The molecule has 1 unspecified atom stereocenters. The Hall–Kier alpha value is -1.60. The Labute approximate surface area is 84.2 Å². The predicted octanol–water partition coefficient (Wildman–Crippen LogP) is -1.51. The van der Waals surface area contributed by atoms with Gasteiger partial charge in [-0.25, -0.2) is 9.59 Å². The highest BCUT2D eigenvalue weighted by Gasteiger charge is 2.56. The van der Waals surface area contributed by atoms with Crippen molar-refractivity contribution in [1.29, 1.82) is 0 Å². The highest BCUT2D eigenvalue weighted by Crippen LogP contribution is 2.22. The third-order valence-corrected chi connectivity index (χ3v) is 2.50. The predicted molar refractivity (Wildman–Crippen MR) is 43.4 cm³/mol. The molecule has 2 rings (SSSR count). The number of rotatable bonds is 1. The van der Waals surface area contributed by atoms with Crippen molar-refractivity contribution in [3.63, 3.8) is 0 Å². The van der Waals surface area contributed by atoms with Crippen LogP contribution in [-0.4, -0.2) is 39.8 Å². The molecule has 0 spiro atoms. The van der Waals surface area contributed by atoms with Gasteiger partial charge >= 0.3 is 11.8 Å². The Kier molecular flexibility index (Phi) is 2.13. The second-order valence-electron chi connectivity index (χ2n) is 3.42. The SMILES string of the molecule is O=C1CCC(=O)N1C1CC(=O)[N+](O)C1=O. The van der Waals surface area contributed by atoms with Gasteiger partial charge in [0.15, 0.2) is 6.04 Å². The second-order valence-corrected chi connectivity index (χ2v) is 3.42. The highest BCUT2D eigenvalue weighted by molar-refractivity contribution is 6.13. The van der Waals surface area contributed by atoms with Crippen LogP contribution in [-0.2, 0) is 19.2 Å². The van der Waals surface area contributed by atoms with Crippen LogP contribution in [0.2, 0.25) is 0 Å². The van der Waals surface area contributed by atoms with Gasteiger partial charge in [-0.15, -0.1) is 5.21 Å². The number of amides is 4. The maximum Gasteiger partial charge on any atom is 0.429 e. The van der Waals surface area contributed by atoms with E-state index in [-0.39, 0.29) is 24.3 Å². The molecule has 0 bridgehead atoms. The largest absolute Gasteiger partial charge is 0.429 e. The summed E-state index contributed by atoms with van der Waals surface area (Å²) in [6.07, 6.45) is -0.211. The number of hydrogen-bond donors (Lipinski definition) is 1. The van der Waals surface area contributed by atoms with Crippen molar-refractivity contribution in [3.05, 3.63) is 0 Å². The molecule has 2 saturated heterocycles. The van der Waals surface area contributed by atoms with Gasteiger partial charge in [0.25, 0.3) is 0 Å². The molecule has 2 heterocycles. The van der Waals surface area contributed by atoms with Crippen molar-refractivity contribution in [2.24, 2.45) is 0 Å². The number of hydrogen-bond acceptors (Lipinski definition) is 5. The fourth-order valence-corrected chi connectivity index (χ4v) is 1.75. The Morgan fingerprint density at radius 2 is 1.67 bits per heavy atom. The van der Waals surface area contributed by atoms with Crippen LogP contribution in [0, 0.1) is 0 Å². The van der Waals surface area contributed by atoms with Crippen molar-refractivity contribution >= 4 is 23.6 Å².